The van der Waals surface area contributed by atoms with Crippen molar-refractivity contribution in [2.24, 2.45) is 11.3 Å². The van der Waals surface area contributed by atoms with Crippen molar-refractivity contribution in [2.45, 2.75) is 101 Å². The predicted molar refractivity (Wildman–Crippen MR) is 211 cm³/mol. The Kier molecular flexibility index (Phi) is 8.19. The number of fused-ring (bicyclic) bond motifs is 6. The van der Waals surface area contributed by atoms with Crippen LogP contribution in [0, 0.1) is 11.3 Å². The third kappa shape index (κ3) is 4.56. The second-order valence-electron chi connectivity index (χ2n) is 17.3. The third-order valence-corrected chi connectivity index (χ3v) is 14.9. The van der Waals surface area contributed by atoms with Gasteiger partial charge in [-0.2, -0.15) is 0 Å². The van der Waals surface area contributed by atoms with Gasteiger partial charge in [0.1, 0.15) is 11.5 Å². The van der Waals surface area contributed by atoms with Gasteiger partial charge in [-0.05, 0) is 75.3 Å². The summed E-state index contributed by atoms with van der Waals surface area (Å²) in [5, 5.41) is 14.3. The highest BCUT2D eigenvalue weighted by molar-refractivity contribution is 5.97. The number of aromatic amines is 1. The lowest BCUT2D eigenvalue weighted by Crippen LogP contribution is -2.81. The van der Waals surface area contributed by atoms with Crippen LogP contribution >= 0.6 is 0 Å². The van der Waals surface area contributed by atoms with Crippen molar-refractivity contribution in [1.29, 1.82) is 0 Å². The van der Waals surface area contributed by atoms with E-state index < -0.39 is 45.7 Å². The molecule has 5 aliphatic heterocycles. The van der Waals surface area contributed by atoms with E-state index in [1.165, 1.54) is 19.4 Å². The summed E-state index contributed by atoms with van der Waals surface area (Å²) in [5.41, 5.74) is 2.39. The molecule has 6 aliphatic rings. The fraction of sp³-hybridized carbons (Fsp3) is 0.533. The molecule has 55 heavy (non-hydrogen) atoms. The molecule has 1 aromatic heterocycles. The number of hydrogen-bond acceptors (Lipinski definition) is 9. The average Bonchev–Trinajstić information content (AvgIpc) is 3.81. The Morgan fingerprint density at radius 3 is 2.49 bits per heavy atom. The maximum atomic E-state index is 15.0. The summed E-state index contributed by atoms with van der Waals surface area (Å²) in [6, 6.07) is 11.7. The van der Waals surface area contributed by atoms with Gasteiger partial charge >= 0.3 is 5.97 Å². The second-order valence-corrected chi connectivity index (χ2v) is 17.3. The van der Waals surface area contributed by atoms with Gasteiger partial charge in [-0.1, -0.05) is 55.8 Å². The van der Waals surface area contributed by atoms with Crippen molar-refractivity contribution < 1.29 is 29.0 Å². The van der Waals surface area contributed by atoms with E-state index in [4.69, 9.17) is 9.47 Å². The quantitative estimate of drug-likeness (QED) is 0.236. The molecule has 10 heteroatoms. The number of H-pyrrole nitrogens is 1. The summed E-state index contributed by atoms with van der Waals surface area (Å²) in [7, 11) is 3.61. The maximum absolute atomic E-state index is 15.0. The molecule has 1 aliphatic carbocycles. The lowest BCUT2D eigenvalue weighted by Gasteiger charge is -2.64. The monoisotopic (exact) mass is 746 g/mol. The van der Waals surface area contributed by atoms with Gasteiger partial charge in [0.05, 0.1) is 18.6 Å². The zero-order chi connectivity index (χ0) is 38.8. The molecule has 2 N–H and O–H groups in total. The van der Waals surface area contributed by atoms with E-state index >= 15 is 4.79 Å². The Hall–Kier alpha value is -4.25. The van der Waals surface area contributed by atoms with E-state index in [0.29, 0.717) is 31.6 Å². The van der Waals surface area contributed by atoms with Gasteiger partial charge in [-0.25, -0.2) is 0 Å². The summed E-state index contributed by atoms with van der Waals surface area (Å²) in [4.78, 5) is 52.9. The first-order valence-electron chi connectivity index (χ1n) is 20.1. The molecule has 2 fully saturated rings. The van der Waals surface area contributed by atoms with Gasteiger partial charge in [-0.15, -0.1) is 0 Å². The number of para-hydroxylation sites is 1. The first kappa shape index (κ1) is 36.4. The van der Waals surface area contributed by atoms with Gasteiger partial charge in [0, 0.05) is 90.9 Å². The van der Waals surface area contributed by atoms with E-state index in [-0.39, 0.29) is 17.7 Å². The van der Waals surface area contributed by atoms with Gasteiger partial charge in [-0.3, -0.25) is 24.2 Å². The summed E-state index contributed by atoms with van der Waals surface area (Å²) >= 11 is 0. The lowest BCUT2D eigenvalue weighted by molar-refractivity contribution is -0.215. The molecule has 3 aromatic rings. The number of benzene rings is 2. The van der Waals surface area contributed by atoms with Gasteiger partial charge < -0.3 is 24.5 Å². The SMILES string of the molecule is CCC1=C[C@H]2CN(C1)Cc1c([nH]c3ccccc13)[C@@](C(C)=O)(c1cc3c(cc1OC)N(C)[C@H]1C(O)(C(C)=O)[C@H](OC(C)=O)[C@]4(CC)C=CCN5CCC31[C@@H]54)C2. The number of nitrogens with one attached hydrogen (secondary N) is 1. The summed E-state index contributed by atoms with van der Waals surface area (Å²) in [6.07, 6.45) is 8.29. The van der Waals surface area contributed by atoms with Crippen LogP contribution in [0.15, 0.2) is 60.2 Å². The number of ether oxygens (including phenoxy) is 2. The van der Waals surface area contributed by atoms with Crippen molar-refractivity contribution >= 4 is 34.1 Å². The fourth-order valence-electron chi connectivity index (χ4n) is 12.9. The van der Waals surface area contributed by atoms with E-state index in [0.717, 1.165) is 71.6 Å². The zero-order valence-corrected chi connectivity index (χ0v) is 33.2. The highest BCUT2D eigenvalue weighted by Crippen LogP contribution is 2.68. The first-order chi connectivity index (χ1) is 26.3. The fourth-order valence-corrected chi connectivity index (χ4v) is 12.9. The number of carbonyl (C=O) groups excluding carboxylic acids is 3. The molecule has 290 valence electrons. The summed E-state index contributed by atoms with van der Waals surface area (Å²) < 4.78 is 12.5. The number of anilines is 1. The molecule has 1 spiro atoms. The molecule has 1 saturated heterocycles. The molecular weight excluding hydrogens is 693 g/mol. The number of methoxy groups -OCH3 is 1. The Morgan fingerprint density at radius 1 is 1.02 bits per heavy atom. The van der Waals surface area contributed by atoms with Crippen LogP contribution in [0.2, 0.25) is 0 Å². The predicted octanol–water partition coefficient (Wildman–Crippen LogP) is 5.59. The van der Waals surface area contributed by atoms with Crippen LogP contribution in [0.25, 0.3) is 10.9 Å². The van der Waals surface area contributed by atoms with Crippen LogP contribution < -0.4 is 9.64 Å². The minimum atomic E-state index is -2.03. The Morgan fingerprint density at radius 2 is 1.80 bits per heavy atom. The minimum Gasteiger partial charge on any atom is -0.496 e. The molecule has 1 saturated carbocycles. The van der Waals surface area contributed by atoms with Crippen LogP contribution in [-0.4, -0.2) is 102 Å². The lowest BCUT2D eigenvalue weighted by atomic mass is 9.47. The topological polar surface area (TPSA) is 115 Å². The van der Waals surface area contributed by atoms with Gasteiger partial charge in [0.2, 0.25) is 0 Å². The molecule has 2 aromatic carbocycles. The van der Waals surface area contributed by atoms with Crippen molar-refractivity contribution in [2.75, 3.05) is 45.2 Å². The van der Waals surface area contributed by atoms with Crippen LogP contribution in [-0.2, 0) is 36.5 Å². The van der Waals surface area contributed by atoms with Gasteiger partial charge in [0.25, 0.3) is 0 Å². The van der Waals surface area contributed by atoms with Crippen LogP contribution in [0.1, 0.15) is 82.7 Å². The van der Waals surface area contributed by atoms with E-state index in [1.807, 2.05) is 24.1 Å². The standard InChI is InChI=1S/C45H54N4O6/c1-8-29-19-30-22-44(26(3)50,38-32(25-48(23-29)24-30)31-13-10-11-14-35(31)46-38)34-20-33-36(21-37(34)54-7)47(6)40-43(33)16-18-49-17-12-15-42(9-2,39(43)49)41(55-28(5)52)45(40,53)27(4)51/h10-15,19-21,30,39-41,46,53H,8-9,16-18,22-25H2,1-7H3/t30-,39+,40-,41-,42-,43?,44+,45?/m1/s1. The number of Topliss-reactive ketones (excluding diaryl/α,β-unsaturated/α-hetero) is 2. The number of aliphatic hydroxyl groups is 1. The number of nitrogens with zero attached hydrogens (tertiary/aromatic N) is 3. The van der Waals surface area contributed by atoms with Crippen LogP contribution in [0.4, 0.5) is 5.69 Å². The highest BCUT2D eigenvalue weighted by atomic mass is 16.6. The van der Waals surface area contributed by atoms with Gasteiger partial charge in [0.15, 0.2) is 17.5 Å². The number of esters is 1. The zero-order valence-electron chi connectivity index (χ0n) is 33.2. The molecule has 2 bridgehead atoms. The molecule has 9 rings (SSSR count). The van der Waals surface area contributed by atoms with Crippen molar-refractivity contribution in [3.8, 4) is 5.75 Å². The third-order valence-electron chi connectivity index (χ3n) is 14.9. The Labute approximate surface area is 323 Å². The van der Waals surface area contributed by atoms with E-state index in [2.05, 4.69) is 71.1 Å². The molecule has 3 unspecified atom stereocenters. The number of hydrogen-bond donors (Lipinski definition) is 2. The average molecular weight is 747 g/mol. The number of ketones is 2. The van der Waals surface area contributed by atoms with Crippen molar-refractivity contribution in [1.82, 2.24) is 14.8 Å². The maximum Gasteiger partial charge on any atom is 0.303 e. The number of carbonyl (C=O) groups is 3. The van der Waals surface area contributed by atoms with E-state index in [1.54, 1.807) is 14.0 Å². The van der Waals surface area contributed by atoms with Crippen LogP contribution in [0.3, 0.4) is 0 Å². The Balaban J connectivity index is 1.36. The molecule has 0 amide bonds. The number of rotatable bonds is 7. The second kappa shape index (κ2) is 12.4. The molecule has 0 radical (unpaired) electrons. The molecular formula is C45H54N4O6. The molecule has 10 nitrogen and oxygen atoms in total. The summed E-state index contributed by atoms with van der Waals surface area (Å²) in [5.74, 6) is -0.198. The highest BCUT2D eigenvalue weighted by Gasteiger charge is 2.79. The van der Waals surface area contributed by atoms with E-state index in [9.17, 15) is 14.7 Å². The Bertz CT molecular complexity index is 2210. The smallest absolute Gasteiger partial charge is 0.303 e. The summed E-state index contributed by atoms with van der Waals surface area (Å²) in [6.45, 7) is 12.7. The normalized spacial score (nSPS) is 35.9. The first-order valence-corrected chi connectivity index (χ1v) is 20.1. The number of likely N-dealkylation sites (N-methyl/N-ethyl adjacent to an activating group) is 1. The largest absolute Gasteiger partial charge is 0.496 e. The van der Waals surface area contributed by atoms with Crippen molar-refractivity contribution in [3.63, 3.8) is 0 Å². The minimum absolute atomic E-state index is 0.0415. The van der Waals surface area contributed by atoms with Crippen molar-refractivity contribution in [3.05, 3.63) is 82.6 Å². The van der Waals surface area contributed by atoms with Crippen LogP contribution in [0.5, 0.6) is 5.75 Å². The molecule has 6 heterocycles. The number of aromatic nitrogens is 1. The molecule has 9 atom stereocenters.